The Bertz CT molecular complexity index is 2570. The number of hydrogen-bond acceptors (Lipinski definition) is 11. The molecule has 0 aliphatic rings. The minimum atomic E-state index is -4.80. The monoisotopic (exact) mass is 1030 g/mol. The molecule has 9 N–H and O–H groups in total. The molecule has 0 aliphatic carbocycles. The summed E-state index contributed by atoms with van der Waals surface area (Å²) in [5.41, 5.74) is 2.13. The van der Waals surface area contributed by atoms with Gasteiger partial charge < -0.3 is 50.9 Å². The summed E-state index contributed by atoms with van der Waals surface area (Å²) in [6.07, 6.45) is 5.70. The molecule has 0 fully saturated rings. The molecule has 0 bridgehead atoms. The van der Waals surface area contributed by atoms with E-state index in [9.17, 15) is 47.1 Å². The number of nitrogens with one attached hydrogen (secondary N) is 7. The van der Waals surface area contributed by atoms with Gasteiger partial charge in [0.15, 0.2) is 0 Å². The number of para-hydroxylation sites is 1. The molecule has 4 aromatic rings. The van der Waals surface area contributed by atoms with Crippen LogP contribution in [0.3, 0.4) is 0 Å². The molecule has 0 spiro atoms. The Balaban J connectivity index is 1.49. The molecule has 6 amide bonds. The van der Waals surface area contributed by atoms with Crippen LogP contribution in [-0.2, 0) is 63.2 Å². The van der Waals surface area contributed by atoms with Crippen molar-refractivity contribution in [2.24, 2.45) is 0 Å². The maximum atomic E-state index is 14.3. The number of aryl methyl sites for hydroxylation is 1. The van der Waals surface area contributed by atoms with Crippen LogP contribution >= 0.6 is 0 Å². The van der Waals surface area contributed by atoms with Gasteiger partial charge in [0.1, 0.15) is 35.5 Å². The molecule has 1 aromatic heterocycles. The van der Waals surface area contributed by atoms with E-state index in [0.29, 0.717) is 49.7 Å². The van der Waals surface area contributed by atoms with Crippen LogP contribution in [0.5, 0.6) is 5.75 Å². The normalized spacial score (nSPS) is 13.6. The van der Waals surface area contributed by atoms with Crippen LogP contribution in [0.2, 0.25) is 0 Å². The number of rotatable bonds is 30. The van der Waals surface area contributed by atoms with Crippen LogP contribution in [0, 0.1) is 0 Å². The van der Waals surface area contributed by atoms with Gasteiger partial charge in [-0.1, -0.05) is 107 Å². The first-order valence-electron chi connectivity index (χ1n) is 24.7. The predicted octanol–water partition coefficient (Wildman–Crippen LogP) is 5.35. The fourth-order valence-corrected chi connectivity index (χ4v) is 8.32. The predicted molar refractivity (Wildman–Crippen MR) is 274 cm³/mol. The molecule has 0 radical (unpaired) electrons. The number of aromatic nitrogens is 1. The zero-order valence-corrected chi connectivity index (χ0v) is 43.0. The van der Waals surface area contributed by atoms with Crippen molar-refractivity contribution in [1.29, 1.82) is 0 Å². The first-order valence-corrected chi connectivity index (χ1v) is 26.0. The van der Waals surface area contributed by atoms with Gasteiger partial charge in [-0.2, -0.15) is 8.42 Å². The van der Waals surface area contributed by atoms with Gasteiger partial charge in [-0.05, 0) is 87.8 Å². The summed E-state index contributed by atoms with van der Waals surface area (Å²) >= 11 is 0. The van der Waals surface area contributed by atoms with Crippen LogP contribution < -0.4 is 36.1 Å². The van der Waals surface area contributed by atoms with Gasteiger partial charge >= 0.3 is 22.5 Å². The van der Waals surface area contributed by atoms with Crippen molar-refractivity contribution in [3.05, 3.63) is 102 Å². The minimum Gasteiger partial charge on any atom is -0.481 e. The summed E-state index contributed by atoms with van der Waals surface area (Å²) in [5, 5.41) is 26.7. The fraction of sp³-hybridized carbons (Fsp3) is 0.481. The number of carboxylic acid groups (broad SMARTS) is 1. The molecule has 398 valence electrons. The van der Waals surface area contributed by atoms with Crippen LogP contribution in [-0.4, -0.2) is 107 Å². The molecule has 73 heavy (non-hydrogen) atoms. The Labute approximate surface area is 426 Å². The number of H-pyrrole nitrogens is 1. The zero-order chi connectivity index (χ0) is 53.6. The lowest BCUT2D eigenvalue weighted by Crippen LogP contribution is -2.57. The third-order valence-corrected chi connectivity index (χ3v) is 12.0. The topological polar surface area (TPSA) is 301 Å². The van der Waals surface area contributed by atoms with Crippen molar-refractivity contribution < 1.29 is 60.6 Å². The third-order valence-electron chi connectivity index (χ3n) is 11.6. The van der Waals surface area contributed by atoms with E-state index in [-0.39, 0.29) is 37.9 Å². The van der Waals surface area contributed by atoms with Crippen molar-refractivity contribution in [2.75, 3.05) is 6.54 Å². The van der Waals surface area contributed by atoms with E-state index in [4.69, 9.17) is 9.29 Å². The summed E-state index contributed by atoms with van der Waals surface area (Å²) < 4.78 is 41.3. The SMILES string of the molecule is CCCC[C@H](NC(=O)[C@H](Cc1ccc(OS(=O)(=O)O)cc1)NC(=O)OC(C)(C)C)C(=O)NCC(=O)N[C@@H](Cc1c[nH]c2ccccc12)C(=O)N[C@@H](CCCC)C(=O)NC(CCCCc1ccccc1)CC(=O)O. The average molecular weight is 1030 g/mol. The van der Waals surface area contributed by atoms with Gasteiger partial charge in [0.2, 0.25) is 29.5 Å². The summed E-state index contributed by atoms with van der Waals surface area (Å²) in [5.74, 6) is -4.79. The Kier molecular flexibility index (Phi) is 23.2. The Morgan fingerprint density at radius 2 is 1.23 bits per heavy atom. The Hall–Kier alpha value is -7.00. The fourth-order valence-electron chi connectivity index (χ4n) is 7.96. The van der Waals surface area contributed by atoms with Crippen molar-refractivity contribution in [1.82, 2.24) is 36.9 Å². The highest BCUT2D eigenvalue weighted by atomic mass is 32.3. The van der Waals surface area contributed by atoms with Crippen molar-refractivity contribution in [3.8, 4) is 5.75 Å². The molecule has 0 saturated carbocycles. The van der Waals surface area contributed by atoms with Crippen LogP contribution in [0.15, 0.2) is 85.1 Å². The van der Waals surface area contributed by atoms with Crippen LogP contribution in [0.25, 0.3) is 10.9 Å². The number of unbranched alkanes of at least 4 members (excludes halogenated alkanes) is 3. The third kappa shape index (κ3) is 21.7. The smallest absolute Gasteiger partial charge is 0.446 e. The summed E-state index contributed by atoms with van der Waals surface area (Å²) in [6.45, 7) is 8.09. The number of carboxylic acids is 1. The number of benzene rings is 3. The van der Waals surface area contributed by atoms with E-state index < -0.39 is 94.4 Å². The molecule has 0 aliphatic heterocycles. The molecule has 1 heterocycles. The number of carbonyl (C=O) groups excluding carboxylic acids is 6. The van der Waals surface area contributed by atoms with Crippen molar-refractivity contribution in [2.45, 2.75) is 154 Å². The van der Waals surface area contributed by atoms with Crippen LogP contribution in [0.1, 0.15) is 116 Å². The van der Waals surface area contributed by atoms with Gasteiger partial charge in [0.05, 0.1) is 13.0 Å². The minimum absolute atomic E-state index is 0.0157. The van der Waals surface area contributed by atoms with E-state index in [2.05, 4.69) is 41.1 Å². The average Bonchev–Trinajstić information content (AvgIpc) is 3.73. The summed E-state index contributed by atoms with van der Waals surface area (Å²) in [6, 6.07) is 17.0. The number of fused-ring (bicyclic) bond motifs is 1. The highest BCUT2D eigenvalue weighted by Crippen LogP contribution is 2.20. The van der Waals surface area contributed by atoms with E-state index in [1.807, 2.05) is 68.4 Å². The lowest BCUT2D eigenvalue weighted by atomic mass is 10.0. The van der Waals surface area contributed by atoms with Crippen molar-refractivity contribution >= 4 is 62.9 Å². The first kappa shape index (κ1) is 58.6. The van der Waals surface area contributed by atoms with E-state index in [1.54, 1.807) is 27.0 Å². The van der Waals surface area contributed by atoms with Crippen LogP contribution in [0.4, 0.5) is 4.79 Å². The second kappa shape index (κ2) is 28.9. The van der Waals surface area contributed by atoms with Gasteiger partial charge in [-0.15, -0.1) is 0 Å². The van der Waals surface area contributed by atoms with E-state index in [0.717, 1.165) is 29.3 Å². The lowest BCUT2D eigenvalue weighted by Gasteiger charge is -2.26. The van der Waals surface area contributed by atoms with E-state index >= 15 is 0 Å². The number of carbonyl (C=O) groups is 7. The number of hydrogen-bond donors (Lipinski definition) is 9. The summed E-state index contributed by atoms with van der Waals surface area (Å²) in [4.78, 5) is 97.7. The molecule has 21 heteroatoms. The number of alkyl carbamates (subject to hydrolysis) is 1. The molecule has 4 rings (SSSR count). The lowest BCUT2D eigenvalue weighted by molar-refractivity contribution is -0.138. The molecule has 0 saturated heterocycles. The first-order chi connectivity index (χ1) is 34.6. The van der Waals surface area contributed by atoms with Gasteiger partial charge in [-0.25, -0.2) is 4.79 Å². The highest BCUT2D eigenvalue weighted by molar-refractivity contribution is 7.81. The number of aliphatic carboxylic acids is 1. The molecule has 20 nitrogen and oxygen atoms in total. The Morgan fingerprint density at radius 3 is 1.84 bits per heavy atom. The largest absolute Gasteiger partial charge is 0.481 e. The quantitative estimate of drug-likeness (QED) is 0.0235. The molecule has 5 atom stereocenters. The van der Waals surface area contributed by atoms with E-state index in [1.165, 1.54) is 24.3 Å². The standard InChI is InChI=1S/C52H71N7O13S/c1-6-8-22-41(57-49(65)43(59-51(67)71-52(3,4)5)29-35-25-27-38(28-26-35)72-73(68,69)70)47(63)54-33-45(60)56-44(30-36-32-53-40-24-16-15-21-39(36)40)50(66)58-42(23-9-7-2)48(64)55-37(31-46(61)62)20-14-13-19-34-17-11-10-12-18-34/h10-12,15-18,21,24-28,32,37,41-44,53H,6-9,13-14,19-20,22-23,29-31,33H2,1-5H3,(H,54,63)(H,55,64)(H,56,60)(H,57,65)(H,58,66)(H,59,67)(H,61,62)(H,68,69,70)/t37?,41-,42-,43-,44-/m0/s1. The molecule has 3 aromatic carbocycles. The summed E-state index contributed by atoms with van der Waals surface area (Å²) in [7, 11) is -4.80. The Morgan fingerprint density at radius 1 is 0.644 bits per heavy atom. The molecular weight excluding hydrogens is 963 g/mol. The maximum Gasteiger partial charge on any atom is 0.446 e. The second-order valence-electron chi connectivity index (χ2n) is 18.9. The maximum absolute atomic E-state index is 14.3. The molecular formula is C52H71N7O13S. The zero-order valence-electron chi connectivity index (χ0n) is 42.2. The number of ether oxygens (including phenoxy) is 1. The number of aromatic amines is 1. The van der Waals surface area contributed by atoms with Gasteiger partial charge in [0, 0.05) is 36.0 Å². The van der Waals surface area contributed by atoms with Gasteiger partial charge in [-0.3, -0.25) is 33.3 Å². The highest BCUT2D eigenvalue weighted by Gasteiger charge is 2.32. The molecule has 1 unspecified atom stereocenters. The van der Waals surface area contributed by atoms with Gasteiger partial charge in [0.25, 0.3) is 0 Å². The second-order valence-corrected chi connectivity index (χ2v) is 19.9. The van der Waals surface area contributed by atoms with Crippen molar-refractivity contribution in [3.63, 3.8) is 0 Å². The number of amides is 6.